The standard InChI is InChI=1S/C12H28N2O/c1-5-14(11(2)3)9-7-6-8-12(4,15)10-13/h11,15H,5-10,13H2,1-4H3. The van der Waals surface area contributed by atoms with E-state index < -0.39 is 5.60 Å². The van der Waals surface area contributed by atoms with Crippen molar-refractivity contribution in [2.24, 2.45) is 5.73 Å². The molecule has 0 radical (unpaired) electrons. The molecule has 0 aromatic heterocycles. The molecule has 3 N–H and O–H groups in total. The summed E-state index contributed by atoms with van der Waals surface area (Å²) in [7, 11) is 0. The minimum absolute atomic E-state index is 0.356. The molecule has 0 saturated carbocycles. The number of aliphatic hydroxyl groups is 1. The molecule has 92 valence electrons. The van der Waals surface area contributed by atoms with Crippen LogP contribution in [0.3, 0.4) is 0 Å². The van der Waals surface area contributed by atoms with Crippen molar-refractivity contribution >= 4 is 0 Å². The van der Waals surface area contributed by atoms with Gasteiger partial charge >= 0.3 is 0 Å². The first-order chi connectivity index (χ1) is 6.93. The smallest absolute Gasteiger partial charge is 0.0741 e. The summed E-state index contributed by atoms with van der Waals surface area (Å²) in [6.45, 7) is 11.0. The number of rotatable bonds is 8. The van der Waals surface area contributed by atoms with Crippen LogP contribution in [0.4, 0.5) is 0 Å². The van der Waals surface area contributed by atoms with E-state index in [1.807, 2.05) is 6.92 Å². The van der Waals surface area contributed by atoms with Gasteiger partial charge in [0.2, 0.25) is 0 Å². The van der Waals surface area contributed by atoms with Crippen LogP contribution in [-0.2, 0) is 0 Å². The minimum Gasteiger partial charge on any atom is -0.389 e. The van der Waals surface area contributed by atoms with Crippen LogP contribution in [0.5, 0.6) is 0 Å². The van der Waals surface area contributed by atoms with Gasteiger partial charge in [0.25, 0.3) is 0 Å². The number of hydrogen-bond donors (Lipinski definition) is 2. The second kappa shape index (κ2) is 7.20. The SMILES string of the molecule is CCN(CCCCC(C)(O)CN)C(C)C. The van der Waals surface area contributed by atoms with Crippen molar-refractivity contribution in [2.75, 3.05) is 19.6 Å². The molecule has 0 fully saturated rings. The van der Waals surface area contributed by atoms with E-state index in [2.05, 4.69) is 25.7 Å². The Morgan fingerprint density at radius 3 is 2.33 bits per heavy atom. The van der Waals surface area contributed by atoms with E-state index in [4.69, 9.17) is 5.73 Å². The van der Waals surface area contributed by atoms with Gasteiger partial charge in [0.15, 0.2) is 0 Å². The van der Waals surface area contributed by atoms with E-state index >= 15 is 0 Å². The summed E-state index contributed by atoms with van der Waals surface area (Å²) >= 11 is 0. The van der Waals surface area contributed by atoms with Crippen LogP contribution >= 0.6 is 0 Å². The average Bonchev–Trinajstić information content (AvgIpc) is 2.17. The fourth-order valence-electron chi connectivity index (χ4n) is 1.70. The third kappa shape index (κ3) is 6.88. The zero-order chi connectivity index (χ0) is 11.9. The van der Waals surface area contributed by atoms with E-state index in [0.29, 0.717) is 12.6 Å². The zero-order valence-electron chi connectivity index (χ0n) is 10.8. The van der Waals surface area contributed by atoms with Crippen molar-refractivity contribution in [1.29, 1.82) is 0 Å². The van der Waals surface area contributed by atoms with Crippen LogP contribution < -0.4 is 5.73 Å². The maximum absolute atomic E-state index is 9.72. The number of hydrogen-bond acceptors (Lipinski definition) is 3. The molecule has 0 amide bonds. The second-order valence-electron chi connectivity index (χ2n) is 4.88. The first-order valence-electron chi connectivity index (χ1n) is 6.09. The predicted molar refractivity (Wildman–Crippen MR) is 65.9 cm³/mol. The highest BCUT2D eigenvalue weighted by molar-refractivity contribution is 4.73. The van der Waals surface area contributed by atoms with Crippen LogP contribution in [-0.4, -0.2) is 41.3 Å². The van der Waals surface area contributed by atoms with Crippen LogP contribution in [0.1, 0.15) is 47.0 Å². The van der Waals surface area contributed by atoms with Gasteiger partial charge in [-0.15, -0.1) is 0 Å². The lowest BCUT2D eigenvalue weighted by Gasteiger charge is -2.26. The summed E-state index contributed by atoms with van der Waals surface area (Å²) in [5.41, 5.74) is 4.79. The van der Waals surface area contributed by atoms with Gasteiger partial charge < -0.3 is 15.7 Å². The molecule has 0 aromatic rings. The summed E-state index contributed by atoms with van der Waals surface area (Å²) in [5, 5.41) is 9.72. The van der Waals surface area contributed by atoms with E-state index in [1.54, 1.807) is 0 Å². The van der Waals surface area contributed by atoms with Gasteiger partial charge in [-0.25, -0.2) is 0 Å². The molecule has 0 heterocycles. The van der Waals surface area contributed by atoms with Gasteiger partial charge in [0, 0.05) is 12.6 Å². The Kier molecular flexibility index (Phi) is 7.14. The van der Waals surface area contributed by atoms with Gasteiger partial charge in [-0.3, -0.25) is 0 Å². The lowest BCUT2D eigenvalue weighted by Crippen LogP contribution is -2.35. The summed E-state index contributed by atoms with van der Waals surface area (Å²) in [5.74, 6) is 0. The molecule has 0 rings (SSSR count). The van der Waals surface area contributed by atoms with Crippen LogP contribution in [0, 0.1) is 0 Å². The van der Waals surface area contributed by atoms with Crippen molar-refractivity contribution in [2.45, 2.75) is 58.6 Å². The highest BCUT2D eigenvalue weighted by atomic mass is 16.3. The van der Waals surface area contributed by atoms with Crippen LogP contribution in [0.2, 0.25) is 0 Å². The summed E-state index contributed by atoms with van der Waals surface area (Å²) in [6, 6.07) is 0.616. The van der Waals surface area contributed by atoms with E-state index in [-0.39, 0.29) is 0 Å². The highest BCUT2D eigenvalue weighted by Crippen LogP contribution is 2.12. The molecule has 15 heavy (non-hydrogen) atoms. The lowest BCUT2D eigenvalue weighted by molar-refractivity contribution is 0.0561. The minimum atomic E-state index is -0.672. The molecule has 0 saturated heterocycles. The molecule has 0 aromatic carbocycles. The van der Waals surface area contributed by atoms with E-state index in [1.165, 1.54) is 0 Å². The Balaban J connectivity index is 3.61. The topological polar surface area (TPSA) is 49.5 Å². The molecular weight excluding hydrogens is 188 g/mol. The molecule has 0 aliphatic rings. The van der Waals surface area contributed by atoms with Gasteiger partial charge in [0.1, 0.15) is 0 Å². The Hall–Kier alpha value is -0.120. The Bertz CT molecular complexity index is 158. The summed E-state index contributed by atoms with van der Waals surface area (Å²) in [4.78, 5) is 2.44. The van der Waals surface area contributed by atoms with E-state index in [0.717, 1.165) is 32.4 Å². The summed E-state index contributed by atoms with van der Waals surface area (Å²) < 4.78 is 0. The summed E-state index contributed by atoms with van der Waals surface area (Å²) in [6.07, 6.45) is 2.99. The normalized spacial score (nSPS) is 16.0. The zero-order valence-corrected chi connectivity index (χ0v) is 10.8. The van der Waals surface area contributed by atoms with Crippen LogP contribution in [0.25, 0.3) is 0 Å². The Labute approximate surface area is 94.6 Å². The van der Waals surface area contributed by atoms with Crippen molar-refractivity contribution in [3.8, 4) is 0 Å². The lowest BCUT2D eigenvalue weighted by atomic mass is 9.99. The molecule has 1 unspecified atom stereocenters. The third-order valence-electron chi connectivity index (χ3n) is 2.99. The molecule has 0 aliphatic heterocycles. The highest BCUT2D eigenvalue weighted by Gasteiger charge is 2.17. The van der Waals surface area contributed by atoms with Crippen molar-refractivity contribution in [3.05, 3.63) is 0 Å². The molecule has 0 spiro atoms. The van der Waals surface area contributed by atoms with Gasteiger partial charge in [0.05, 0.1) is 5.60 Å². The third-order valence-corrected chi connectivity index (χ3v) is 2.99. The van der Waals surface area contributed by atoms with Gasteiger partial charge in [-0.2, -0.15) is 0 Å². The molecule has 3 heteroatoms. The monoisotopic (exact) mass is 216 g/mol. The van der Waals surface area contributed by atoms with Crippen molar-refractivity contribution in [3.63, 3.8) is 0 Å². The first-order valence-corrected chi connectivity index (χ1v) is 6.09. The van der Waals surface area contributed by atoms with Gasteiger partial charge in [-0.1, -0.05) is 6.92 Å². The Morgan fingerprint density at radius 1 is 1.33 bits per heavy atom. The predicted octanol–water partition coefficient (Wildman–Crippen LogP) is 1.60. The molecule has 3 nitrogen and oxygen atoms in total. The first kappa shape index (κ1) is 14.9. The fraction of sp³-hybridized carbons (Fsp3) is 1.00. The molecular formula is C12H28N2O. The van der Waals surface area contributed by atoms with Crippen LogP contribution in [0.15, 0.2) is 0 Å². The quantitative estimate of drug-likeness (QED) is 0.606. The maximum Gasteiger partial charge on any atom is 0.0741 e. The molecule has 0 bridgehead atoms. The number of nitrogens with zero attached hydrogens (tertiary/aromatic N) is 1. The molecule has 0 aliphatic carbocycles. The fourth-order valence-corrected chi connectivity index (χ4v) is 1.70. The van der Waals surface area contributed by atoms with Crippen molar-refractivity contribution < 1.29 is 5.11 Å². The van der Waals surface area contributed by atoms with Crippen molar-refractivity contribution in [1.82, 2.24) is 4.90 Å². The van der Waals surface area contributed by atoms with E-state index in [9.17, 15) is 5.11 Å². The maximum atomic E-state index is 9.72. The number of unbranched alkanes of at least 4 members (excludes halogenated alkanes) is 1. The average molecular weight is 216 g/mol. The second-order valence-corrected chi connectivity index (χ2v) is 4.88. The molecule has 1 atom stereocenters. The Morgan fingerprint density at radius 2 is 1.93 bits per heavy atom. The van der Waals surface area contributed by atoms with Gasteiger partial charge in [-0.05, 0) is 53.1 Å². The largest absolute Gasteiger partial charge is 0.389 e. The number of nitrogens with two attached hydrogens (primary N) is 1.